The molecular formula is C10H18N4. The average molecular weight is 194 g/mol. The fourth-order valence-electron chi connectivity index (χ4n) is 1.02. The molecule has 0 aliphatic heterocycles. The van der Waals surface area contributed by atoms with E-state index in [1.165, 1.54) is 0 Å². The van der Waals surface area contributed by atoms with Crippen molar-refractivity contribution in [1.29, 1.82) is 0 Å². The van der Waals surface area contributed by atoms with Crippen molar-refractivity contribution in [3.8, 4) is 0 Å². The Morgan fingerprint density at radius 2 is 2.07 bits per heavy atom. The highest BCUT2D eigenvalue weighted by atomic mass is 15.2. The summed E-state index contributed by atoms with van der Waals surface area (Å²) >= 11 is 0. The van der Waals surface area contributed by atoms with Crippen LogP contribution >= 0.6 is 0 Å². The standard InChI is InChI=1S/C10H18N4/c1-10(2,3)14(4)9-5-6-12-8(7-11)13-9/h5-6H,7,11H2,1-4H3. The first kappa shape index (κ1) is 10.9. The molecule has 1 rings (SSSR count). The Morgan fingerprint density at radius 1 is 1.43 bits per heavy atom. The van der Waals surface area contributed by atoms with Crippen LogP contribution in [-0.2, 0) is 6.54 Å². The topological polar surface area (TPSA) is 55.0 Å². The molecule has 1 heterocycles. The van der Waals surface area contributed by atoms with Crippen LogP contribution in [0.1, 0.15) is 26.6 Å². The Hall–Kier alpha value is -1.16. The molecule has 0 fully saturated rings. The SMILES string of the molecule is CN(c1ccnc(CN)n1)C(C)(C)C. The Balaban J connectivity index is 2.95. The van der Waals surface area contributed by atoms with E-state index in [9.17, 15) is 0 Å². The van der Waals surface area contributed by atoms with Crippen molar-refractivity contribution in [3.05, 3.63) is 18.1 Å². The molecule has 0 bridgehead atoms. The molecule has 0 atom stereocenters. The van der Waals surface area contributed by atoms with Crippen molar-refractivity contribution in [1.82, 2.24) is 9.97 Å². The summed E-state index contributed by atoms with van der Waals surface area (Å²) in [6.07, 6.45) is 1.74. The summed E-state index contributed by atoms with van der Waals surface area (Å²) < 4.78 is 0. The van der Waals surface area contributed by atoms with Crippen LogP contribution in [0, 0.1) is 0 Å². The van der Waals surface area contributed by atoms with Gasteiger partial charge in [-0.2, -0.15) is 0 Å². The first-order valence-electron chi connectivity index (χ1n) is 4.71. The van der Waals surface area contributed by atoms with E-state index in [-0.39, 0.29) is 5.54 Å². The number of hydrogen-bond donors (Lipinski definition) is 1. The molecule has 4 heteroatoms. The van der Waals surface area contributed by atoms with Gasteiger partial charge in [0.15, 0.2) is 0 Å². The third-order valence-electron chi connectivity index (χ3n) is 2.22. The van der Waals surface area contributed by atoms with Crippen LogP contribution in [0.5, 0.6) is 0 Å². The van der Waals surface area contributed by atoms with E-state index in [4.69, 9.17) is 5.73 Å². The van der Waals surface area contributed by atoms with E-state index in [1.807, 2.05) is 13.1 Å². The molecular weight excluding hydrogens is 176 g/mol. The number of hydrogen-bond acceptors (Lipinski definition) is 4. The summed E-state index contributed by atoms with van der Waals surface area (Å²) in [6.45, 7) is 6.79. The maximum absolute atomic E-state index is 5.48. The molecule has 0 aliphatic carbocycles. The second-order valence-corrected chi connectivity index (χ2v) is 4.27. The normalized spacial score (nSPS) is 11.5. The Morgan fingerprint density at radius 3 is 2.57 bits per heavy atom. The molecule has 2 N–H and O–H groups in total. The maximum atomic E-state index is 5.48. The van der Waals surface area contributed by atoms with Crippen LogP contribution in [0.25, 0.3) is 0 Å². The van der Waals surface area contributed by atoms with Crippen molar-refractivity contribution < 1.29 is 0 Å². The average Bonchev–Trinajstić information content (AvgIpc) is 2.15. The van der Waals surface area contributed by atoms with Crippen molar-refractivity contribution in [2.75, 3.05) is 11.9 Å². The van der Waals surface area contributed by atoms with Crippen LogP contribution < -0.4 is 10.6 Å². The molecule has 1 aromatic heterocycles. The van der Waals surface area contributed by atoms with Gasteiger partial charge in [0.1, 0.15) is 11.6 Å². The molecule has 0 spiro atoms. The van der Waals surface area contributed by atoms with Crippen molar-refractivity contribution in [2.24, 2.45) is 5.73 Å². The minimum Gasteiger partial charge on any atom is -0.355 e. The second kappa shape index (κ2) is 3.92. The second-order valence-electron chi connectivity index (χ2n) is 4.27. The number of nitrogens with zero attached hydrogens (tertiary/aromatic N) is 3. The fraction of sp³-hybridized carbons (Fsp3) is 0.600. The molecule has 14 heavy (non-hydrogen) atoms. The molecule has 0 radical (unpaired) electrons. The van der Waals surface area contributed by atoms with Crippen LogP contribution in [0.4, 0.5) is 5.82 Å². The zero-order valence-corrected chi connectivity index (χ0v) is 9.28. The van der Waals surface area contributed by atoms with Gasteiger partial charge < -0.3 is 10.6 Å². The van der Waals surface area contributed by atoms with E-state index < -0.39 is 0 Å². The summed E-state index contributed by atoms with van der Waals surface area (Å²) in [7, 11) is 2.02. The number of anilines is 1. The monoisotopic (exact) mass is 194 g/mol. The third kappa shape index (κ3) is 2.42. The third-order valence-corrected chi connectivity index (χ3v) is 2.22. The molecule has 0 saturated carbocycles. The molecule has 0 saturated heterocycles. The Kier molecular flexibility index (Phi) is 3.06. The summed E-state index contributed by atoms with van der Waals surface area (Å²) in [4.78, 5) is 10.5. The summed E-state index contributed by atoms with van der Waals surface area (Å²) in [6, 6.07) is 1.89. The van der Waals surface area contributed by atoms with Gasteiger partial charge in [-0.1, -0.05) is 0 Å². The van der Waals surface area contributed by atoms with Crippen LogP contribution in [0.2, 0.25) is 0 Å². The zero-order valence-electron chi connectivity index (χ0n) is 9.28. The van der Waals surface area contributed by atoms with Crippen molar-refractivity contribution in [3.63, 3.8) is 0 Å². The molecule has 0 aromatic carbocycles. The van der Waals surface area contributed by atoms with Gasteiger partial charge in [0, 0.05) is 18.8 Å². The van der Waals surface area contributed by atoms with Gasteiger partial charge in [-0.15, -0.1) is 0 Å². The van der Waals surface area contributed by atoms with Gasteiger partial charge in [-0.05, 0) is 26.8 Å². The largest absolute Gasteiger partial charge is 0.355 e. The smallest absolute Gasteiger partial charge is 0.144 e. The Labute approximate surface area is 85.2 Å². The Bertz CT molecular complexity index is 303. The molecule has 0 unspecified atom stereocenters. The number of nitrogens with two attached hydrogens (primary N) is 1. The van der Waals surface area contributed by atoms with Gasteiger partial charge in [-0.3, -0.25) is 0 Å². The van der Waals surface area contributed by atoms with E-state index in [2.05, 4.69) is 35.6 Å². The first-order valence-corrected chi connectivity index (χ1v) is 4.71. The maximum Gasteiger partial charge on any atom is 0.144 e. The van der Waals surface area contributed by atoms with Gasteiger partial charge in [0.2, 0.25) is 0 Å². The summed E-state index contributed by atoms with van der Waals surface area (Å²) in [5.41, 5.74) is 5.54. The zero-order chi connectivity index (χ0) is 10.8. The molecule has 4 nitrogen and oxygen atoms in total. The lowest BCUT2D eigenvalue weighted by molar-refractivity contribution is 0.532. The number of aromatic nitrogens is 2. The van der Waals surface area contributed by atoms with Gasteiger partial charge >= 0.3 is 0 Å². The van der Waals surface area contributed by atoms with E-state index in [0.29, 0.717) is 12.4 Å². The minimum atomic E-state index is 0.0558. The van der Waals surface area contributed by atoms with Gasteiger partial charge in [-0.25, -0.2) is 9.97 Å². The van der Waals surface area contributed by atoms with Crippen LogP contribution in [0.3, 0.4) is 0 Å². The number of rotatable bonds is 2. The molecule has 78 valence electrons. The minimum absolute atomic E-state index is 0.0558. The lowest BCUT2D eigenvalue weighted by Crippen LogP contribution is -2.38. The summed E-state index contributed by atoms with van der Waals surface area (Å²) in [5.74, 6) is 1.59. The summed E-state index contributed by atoms with van der Waals surface area (Å²) in [5, 5.41) is 0. The van der Waals surface area contributed by atoms with E-state index in [1.54, 1.807) is 6.20 Å². The lowest BCUT2D eigenvalue weighted by Gasteiger charge is -2.33. The van der Waals surface area contributed by atoms with Crippen molar-refractivity contribution in [2.45, 2.75) is 32.9 Å². The van der Waals surface area contributed by atoms with E-state index >= 15 is 0 Å². The highest BCUT2D eigenvalue weighted by Crippen LogP contribution is 2.18. The lowest BCUT2D eigenvalue weighted by atomic mass is 10.1. The molecule has 1 aromatic rings. The molecule has 0 aliphatic rings. The highest BCUT2D eigenvalue weighted by Gasteiger charge is 2.18. The highest BCUT2D eigenvalue weighted by molar-refractivity contribution is 5.39. The quantitative estimate of drug-likeness (QED) is 0.768. The first-order chi connectivity index (χ1) is 6.45. The predicted octanol–water partition coefficient (Wildman–Crippen LogP) is 1.17. The fourth-order valence-corrected chi connectivity index (χ4v) is 1.02. The van der Waals surface area contributed by atoms with Gasteiger partial charge in [0.25, 0.3) is 0 Å². The van der Waals surface area contributed by atoms with Gasteiger partial charge in [0.05, 0.1) is 6.54 Å². The molecule has 0 amide bonds. The van der Waals surface area contributed by atoms with E-state index in [0.717, 1.165) is 5.82 Å². The van der Waals surface area contributed by atoms with Crippen LogP contribution in [0.15, 0.2) is 12.3 Å². The van der Waals surface area contributed by atoms with Crippen LogP contribution in [-0.4, -0.2) is 22.6 Å². The predicted molar refractivity (Wildman–Crippen MR) is 58.1 cm³/mol. The van der Waals surface area contributed by atoms with Crippen molar-refractivity contribution >= 4 is 5.82 Å².